The van der Waals surface area contributed by atoms with E-state index in [-0.39, 0.29) is 12.4 Å². The maximum atomic E-state index is 5.66. The Labute approximate surface area is 88.3 Å². The summed E-state index contributed by atoms with van der Waals surface area (Å²) in [6, 6.07) is 5.88. The SMILES string of the molecule is C=C1c2c(OC)cccc2C2OCC1O2. The van der Waals surface area contributed by atoms with E-state index in [0.717, 1.165) is 22.4 Å². The van der Waals surface area contributed by atoms with Crippen LogP contribution in [-0.2, 0) is 9.47 Å². The molecule has 0 spiro atoms. The van der Waals surface area contributed by atoms with Crippen LogP contribution in [0.3, 0.4) is 0 Å². The molecule has 0 radical (unpaired) electrons. The number of rotatable bonds is 1. The van der Waals surface area contributed by atoms with Gasteiger partial charge in [-0.05, 0) is 11.6 Å². The Balaban J connectivity index is 2.22. The Kier molecular flexibility index (Phi) is 1.84. The highest BCUT2D eigenvalue weighted by Gasteiger charge is 2.38. The van der Waals surface area contributed by atoms with Gasteiger partial charge in [-0.15, -0.1) is 0 Å². The molecule has 2 aliphatic heterocycles. The number of hydrogen-bond donors (Lipinski definition) is 0. The van der Waals surface area contributed by atoms with Crippen molar-refractivity contribution in [2.24, 2.45) is 0 Å². The summed E-state index contributed by atoms with van der Waals surface area (Å²) in [4.78, 5) is 0. The number of methoxy groups -OCH3 is 1. The van der Waals surface area contributed by atoms with Gasteiger partial charge in [-0.3, -0.25) is 0 Å². The fraction of sp³-hybridized carbons (Fsp3) is 0.333. The average Bonchev–Trinajstić information content (AvgIpc) is 2.71. The first-order chi connectivity index (χ1) is 7.31. The molecule has 78 valence electrons. The molecule has 0 amide bonds. The second kappa shape index (κ2) is 3.08. The normalized spacial score (nSPS) is 27.7. The van der Waals surface area contributed by atoms with Crippen molar-refractivity contribution < 1.29 is 14.2 Å². The van der Waals surface area contributed by atoms with E-state index in [2.05, 4.69) is 6.58 Å². The van der Waals surface area contributed by atoms with Crippen molar-refractivity contribution in [1.82, 2.24) is 0 Å². The third kappa shape index (κ3) is 1.14. The first kappa shape index (κ1) is 8.95. The minimum atomic E-state index is -0.245. The van der Waals surface area contributed by atoms with Gasteiger partial charge in [0.25, 0.3) is 0 Å². The topological polar surface area (TPSA) is 27.7 Å². The van der Waals surface area contributed by atoms with Crippen molar-refractivity contribution in [2.75, 3.05) is 13.7 Å². The van der Waals surface area contributed by atoms with E-state index in [0.29, 0.717) is 6.61 Å². The fourth-order valence-electron chi connectivity index (χ4n) is 2.17. The highest BCUT2D eigenvalue weighted by Crippen LogP contribution is 2.45. The molecule has 1 fully saturated rings. The molecule has 3 nitrogen and oxygen atoms in total. The molecule has 1 aromatic carbocycles. The first-order valence-corrected chi connectivity index (χ1v) is 4.94. The fourth-order valence-corrected chi connectivity index (χ4v) is 2.17. The predicted octanol–water partition coefficient (Wildman–Crippen LogP) is 2.14. The molecule has 0 saturated carbocycles. The number of fused-ring (bicyclic) bond motifs is 4. The molecule has 2 heterocycles. The zero-order valence-electron chi connectivity index (χ0n) is 8.53. The molecule has 0 aliphatic carbocycles. The van der Waals surface area contributed by atoms with E-state index >= 15 is 0 Å². The van der Waals surface area contributed by atoms with Crippen molar-refractivity contribution in [2.45, 2.75) is 12.4 Å². The summed E-state index contributed by atoms with van der Waals surface area (Å²) >= 11 is 0. The summed E-state index contributed by atoms with van der Waals surface area (Å²) in [5, 5.41) is 0. The molecule has 1 aromatic rings. The Morgan fingerprint density at radius 3 is 3.13 bits per heavy atom. The van der Waals surface area contributed by atoms with E-state index in [1.54, 1.807) is 7.11 Å². The van der Waals surface area contributed by atoms with Gasteiger partial charge in [-0.25, -0.2) is 0 Å². The maximum absolute atomic E-state index is 5.66. The van der Waals surface area contributed by atoms with Gasteiger partial charge >= 0.3 is 0 Å². The largest absolute Gasteiger partial charge is 0.496 e. The molecule has 2 unspecified atom stereocenters. The lowest BCUT2D eigenvalue weighted by atomic mass is 9.94. The van der Waals surface area contributed by atoms with E-state index < -0.39 is 0 Å². The van der Waals surface area contributed by atoms with Crippen LogP contribution >= 0.6 is 0 Å². The van der Waals surface area contributed by atoms with Crippen molar-refractivity contribution in [3.8, 4) is 5.75 Å². The minimum Gasteiger partial charge on any atom is -0.496 e. The van der Waals surface area contributed by atoms with Crippen LogP contribution < -0.4 is 4.74 Å². The van der Waals surface area contributed by atoms with Gasteiger partial charge in [0.05, 0.1) is 13.7 Å². The maximum Gasteiger partial charge on any atom is 0.185 e. The molecule has 0 N–H and O–H groups in total. The minimum absolute atomic E-state index is 0.0150. The van der Waals surface area contributed by atoms with Crippen LogP contribution in [0.5, 0.6) is 5.75 Å². The van der Waals surface area contributed by atoms with Gasteiger partial charge < -0.3 is 14.2 Å². The van der Waals surface area contributed by atoms with Crippen LogP contribution in [0.4, 0.5) is 0 Å². The zero-order valence-corrected chi connectivity index (χ0v) is 8.53. The zero-order chi connectivity index (χ0) is 10.4. The van der Waals surface area contributed by atoms with Crippen molar-refractivity contribution in [3.63, 3.8) is 0 Å². The second-order valence-electron chi connectivity index (χ2n) is 3.74. The Morgan fingerprint density at radius 2 is 2.33 bits per heavy atom. The van der Waals surface area contributed by atoms with E-state index in [1.165, 1.54) is 0 Å². The van der Waals surface area contributed by atoms with Crippen LogP contribution in [0.15, 0.2) is 24.8 Å². The van der Waals surface area contributed by atoms with Gasteiger partial charge in [-0.2, -0.15) is 0 Å². The highest BCUT2D eigenvalue weighted by atomic mass is 16.7. The molecule has 2 atom stereocenters. The molecular weight excluding hydrogens is 192 g/mol. The van der Waals surface area contributed by atoms with Crippen molar-refractivity contribution in [1.29, 1.82) is 0 Å². The van der Waals surface area contributed by atoms with E-state index in [9.17, 15) is 0 Å². The molecular formula is C12H12O3. The number of ether oxygens (including phenoxy) is 3. The molecule has 15 heavy (non-hydrogen) atoms. The molecule has 3 heteroatoms. The lowest BCUT2D eigenvalue weighted by Gasteiger charge is -2.25. The Morgan fingerprint density at radius 1 is 1.47 bits per heavy atom. The Hall–Kier alpha value is -1.32. The second-order valence-corrected chi connectivity index (χ2v) is 3.74. The summed E-state index contributed by atoms with van der Waals surface area (Å²) in [7, 11) is 1.67. The lowest BCUT2D eigenvalue weighted by molar-refractivity contribution is -0.0560. The lowest BCUT2D eigenvalue weighted by Crippen LogP contribution is -2.18. The molecule has 1 saturated heterocycles. The van der Waals surface area contributed by atoms with Crippen LogP contribution in [-0.4, -0.2) is 19.8 Å². The van der Waals surface area contributed by atoms with Crippen LogP contribution in [0.2, 0.25) is 0 Å². The number of benzene rings is 1. The summed E-state index contributed by atoms with van der Waals surface area (Å²) in [6.45, 7) is 4.64. The van der Waals surface area contributed by atoms with E-state index in [4.69, 9.17) is 14.2 Å². The smallest absolute Gasteiger partial charge is 0.185 e. The summed E-state index contributed by atoms with van der Waals surface area (Å²) in [5.74, 6) is 0.848. The van der Waals surface area contributed by atoms with E-state index in [1.807, 2.05) is 18.2 Å². The van der Waals surface area contributed by atoms with Crippen LogP contribution in [0.1, 0.15) is 17.4 Å². The van der Waals surface area contributed by atoms with Crippen LogP contribution in [0.25, 0.3) is 5.57 Å². The summed E-state index contributed by atoms with van der Waals surface area (Å²) in [6.07, 6.45) is -0.260. The van der Waals surface area contributed by atoms with Gasteiger partial charge in [0.2, 0.25) is 0 Å². The van der Waals surface area contributed by atoms with Crippen LogP contribution in [0, 0.1) is 0 Å². The molecule has 2 aliphatic rings. The standard InChI is InChI=1S/C12H12O3/c1-7-10-6-14-12(15-10)8-4-3-5-9(13-2)11(7)8/h3-5,10,12H,1,6H2,2H3. The van der Waals surface area contributed by atoms with Crippen molar-refractivity contribution in [3.05, 3.63) is 35.9 Å². The Bertz CT molecular complexity index is 425. The van der Waals surface area contributed by atoms with Gasteiger partial charge in [0.15, 0.2) is 6.29 Å². The average molecular weight is 204 g/mol. The molecule has 2 bridgehead atoms. The molecule has 3 rings (SSSR count). The quantitative estimate of drug-likeness (QED) is 0.701. The summed E-state index contributed by atoms with van der Waals surface area (Å²) in [5.41, 5.74) is 3.03. The first-order valence-electron chi connectivity index (χ1n) is 4.94. The third-order valence-electron chi connectivity index (χ3n) is 2.93. The monoisotopic (exact) mass is 204 g/mol. The number of hydrogen-bond acceptors (Lipinski definition) is 3. The highest BCUT2D eigenvalue weighted by molar-refractivity contribution is 5.76. The molecule has 0 aromatic heterocycles. The summed E-state index contributed by atoms with van der Waals surface area (Å²) < 4.78 is 16.5. The van der Waals surface area contributed by atoms with Crippen molar-refractivity contribution >= 4 is 5.57 Å². The predicted molar refractivity (Wildman–Crippen MR) is 55.6 cm³/mol. The van der Waals surface area contributed by atoms with Gasteiger partial charge in [0.1, 0.15) is 11.9 Å². The van der Waals surface area contributed by atoms with Gasteiger partial charge in [-0.1, -0.05) is 18.7 Å². The van der Waals surface area contributed by atoms with Gasteiger partial charge in [0, 0.05) is 11.1 Å². The third-order valence-corrected chi connectivity index (χ3v) is 2.93.